The summed E-state index contributed by atoms with van der Waals surface area (Å²) in [6, 6.07) is 28.0. The Morgan fingerprint density at radius 1 is 0.889 bits per heavy atom. The third kappa shape index (κ3) is 4.61. The van der Waals surface area contributed by atoms with Gasteiger partial charge in [-0.3, -0.25) is 0 Å². The molecule has 0 unspecified atom stereocenters. The molecule has 0 atom stereocenters. The molecule has 0 saturated heterocycles. The van der Waals surface area contributed by atoms with Crippen molar-refractivity contribution in [2.24, 2.45) is 16.5 Å². The summed E-state index contributed by atoms with van der Waals surface area (Å²) in [5.74, 6) is 0.897. The highest BCUT2D eigenvalue weighted by Crippen LogP contribution is 2.44. The number of nitrogens with two attached hydrogens (primary N) is 2. The highest BCUT2D eigenvalue weighted by atomic mass is 32.1. The van der Waals surface area contributed by atoms with Crippen LogP contribution in [0.25, 0.3) is 32.0 Å². The first kappa shape index (κ1) is 23.4. The van der Waals surface area contributed by atoms with Crippen LogP contribution in [0.3, 0.4) is 0 Å². The lowest BCUT2D eigenvalue weighted by Crippen LogP contribution is -2.22. The second-order valence-corrected chi connectivity index (χ2v) is 9.28. The summed E-state index contributed by atoms with van der Waals surface area (Å²) in [6.07, 6.45) is 0. The normalized spacial score (nSPS) is 10.9. The third-order valence-electron chi connectivity index (χ3n) is 5.80. The van der Waals surface area contributed by atoms with E-state index in [1.165, 1.54) is 11.3 Å². The van der Waals surface area contributed by atoms with Crippen molar-refractivity contribution in [3.05, 3.63) is 95.4 Å². The van der Waals surface area contributed by atoms with Crippen LogP contribution in [0.15, 0.2) is 89.9 Å². The number of hydrogen-bond acceptors (Lipinski definition) is 5. The lowest BCUT2D eigenvalue weighted by molar-refractivity contribution is 0.0528. The number of hydrogen-bond donors (Lipinski definition) is 2. The van der Waals surface area contributed by atoms with E-state index < -0.39 is 5.97 Å². The molecule has 36 heavy (non-hydrogen) atoms. The van der Waals surface area contributed by atoms with Gasteiger partial charge in [0.15, 0.2) is 5.96 Å². The van der Waals surface area contributed by atoms with Gasteiger partial charge in [0.25, 0.3) is 0 Å². The molecule has 1 aromatic heterocycles. The number of carbonyl (C=O) groups excluding carboxylic acids is 1. The largest absolute Gasteiger partial charge is 0.462 e. The number of ether oxygens (including phenoxy) is 2. The molecule has 0 amide bonds. The smallest absolute Gasteiger partial charge is 0.339 e. The molecule has 0 fully saturated rings. The van der Waals surface area contributed by atoms with Crippen LogP contribution in [0.4, 0.5) is 0 Å². The minimum Gasteiger partial charge on any atom is -0.462 e. The number of para-hydroxylation sites is 1. The number of benzene rings is 4. The van der Waals surface area contributed by atoms with Crippen molar-refractivity contribution in [1.82, 2.24) is 0 Å². The molecule has 0 aliphatic carbocycles. The second-order valence-electron chi connectivity index (χ2n) is 8.15. The maximum atomic E-state index is 13.0. The maximum absolute atomic E-state index is 13.0. The van der Waals surface area contributed by atoms with Gasteiger partial charge in [0.05, 0.1) is 18.7 Å². The van der Waals surface area contributed by atoms with Crippen molar-refractivity contribution in [3.63, 3.8) is 0 Å². The molecule has 5 aromatic rings. The molecule has 180 valence electrons. The number of guanidine groups is 1. The van der Waals surface area contributed by atoms with Crippen LogP contribution in [0.1, 0.15) is 22.2 Å². The van der Waals surface area contributed by atoms with Gasteiger partial charge >= 0.3 is 5.97 Å². The Labute approximate surface area is 212 Å². The molecule has 1 heterocycles. The van der Waals surface area contributed by atoms with E-state index in [0.717, 1.165) is 36.9 Å². The maximum Gasteiger partial charge on any atom is 0.339 e. The molecule has 0 radical (unpaired) electrons. The number of nitrogens with zero attached hydrogens (tertiary/aromatic N) is 1. The number of esters is 1. The van der Waals surface area contributed by atoms with E-state index in [9.17, 15) is 4.79 Å². The van der Waals surface area contributed by atoms with Gasteiger partial charge in [-0.25, -0.2) is 9.79 Å². The van der Waals surface area contributed by atoms with Crippen molar-refractivity contribution >= 4 is 44.1 Å². The zero-order chi connectivity index (χ0) is 25.1. The first-order chi connectivity index (χ1) is 17.5. The second kappa shape index (κ2) is 10.1. The molecule has 0 bridgehead atoms. The predicted octanol–water partition coefficient (Wildman–Crippen LogP) is 6.46. The standard InChI is InChI=1S/C29H25N3O3S/c1-2-34-28(33)27-23-15-24(35-19-11-4-3-5-12-19)22(16-25(23)36-26(27)17-32-29(30)31)21-14-8-10-18-9-6-7-13-20(18)21/h3-16H,2,17H2,1H3,(H4,30,31,32). The molecule has 0 aliphatic rings. The van der Waals surface area contributed by atoms with Crippen LogP contribution in [-0.4, -0.2) is 18.5 Å². The molecule has 0 spiro atoms. The summed E-state index contributed by atoms with van der Waals surface area (Å²) < 4.78 is 12.7. The average Bonchev–Trinajstić information content (AvgIpc) is 3.25. The molecule has 5 rings (SSSR count). The summed E-state index contributed by atoms with van der Waals surface area (Å²) in [5.41, 5.74) is 13.6. The Morgan fingerprint density at radius 3 is 2.42 bits per heavy atom. The van der Waals surface area contributed by atoms with Crippen LogP contribution < -0.4 is 16.2 Å². The van der Waals surface area contributed by atoms with Gasteiger partial charge in [-0.2, -0.15) is 0 Å². The zero-order valence-electron chi connectivity index (χ0n) is 19.7. The van der Waals surface area contributed by atoms with Crippen LogP contribution in [0.5, 0.6) is 11.5 Å². The molecule has 7 heteroatoms. The summed E-state index contributed by atoms with van der Waals surface area (Å²) >= 11 is 1.47. The predicted molar refractivity (Wildman–Crippen MR) is 147 cm³/mol. The monoisotopic (exact) mass is 495 g/mol. The van der Waals surface area contributed by atoms with E-state index in [4.69, 9.17) is 20.9 Å². The SMILES string of the molecule is CCOC(=O)c1c(CN=C(N)N)sc2cc(-c3cccc4ccccc34)c(Oc3ccccc3)cc12. The van der Waals surface area contributed by atoms with E-state index in [-0.39, 0.29) is 19.1 Å². The Kier molecular flexibility index (Phi) is 6.56. The number of carbonyl (C=O) groups is 1. The lowest BCUT2D eigenvalue weighted by atomic mass is 9.96. The first-order valence-electron chi connectivity index (χ1n) is 11.6. The Hall–Kier alpha value is -4.36. The van der Waals surface area contributed by atoms with Gasteiger partial charge in [0.2, 0.25) is 0 Å². The van der Waals surface area contributed by atoms with Gasteiger partial charge in [-0.05, 0) is 47.5 Å². The number of aliphatic imine (C=N–C) groups is 1. The summed E-state index contributed by atoms with van der Waals surface area (Å²) in [4.78, 5) is 17.9. The van der Waals surface area contributed by atoms with Gasteiger partial charge in [0.1, 0.15) is 11.5 Å². The fourth-order valence-corrected chi connectivity index (χ4v) is 5.38. The molecule has 4 N–H and O–H groups in total. The molecular formula is C29H25N3O3S. The fraction of sp³-hybridized carbons (Fsp3) is 0.103. The summed E-state index contributed by atoms with van der Waals surface area (Å²) in [5, 5.41) is 2.99. The van der Waals surface area contributed by atoms with Gasteiger partial charge < -0.3 is 20.9 Å². The number of thiophene rings is 1. The summed E-state index contributed by atoms with van der Waals surface area (Å²) in [7, 11) is 0. The average molecular weight is 496 g/mol. The molecule has 6 nitrogen and oxygen atoms in total. The van der Waals surface area contributed by atoms with Gasteiger partial charge in [0, 0.05) is 20.5 Å². The number of fused-ring (bicyclic) bond motifs is 2. The van der Waals surface area contributed by atoms with Gasteiger partial charge in [-0.15, -0.1) is 11.3 Å². The van der Waals surface area contributed by atoms with E-state index >= 15 is 0 Å². The van der Waals surface area contributed by atoms with E-state index in [1.54, 1.807) is 6.92 Å². The van der Waals surface area contributed by atoms with Crippen molar-refractivity contribution in [3.8, 4) is 22.6 Å². The Bertz CT molecular complexity index is 1580. The van der Waals surface area contributed by atoms with E-state index in [0.29, 0.717) is 17.1 Å². The Balaban J connectivity index is 1.78. The highest BCUT2D eigenvalue weighted by Gasteiger charge is 2.23. The van der Waals surface area contributed by atoms with Crippen LogP contribution in [0, 0.1) is 0 Å². The molecular weight excluding hydrogens is 470 g/mol. The quantitative estimate of drug-likeness (QED) is 0.153. The molecule has 0 aliphatic heterocycles. The zero-order valence-corrected chi connectivity index (χ0v) is 20.5. The lowest BCUT2D eigenvalue weighted by Gasteiger charge is -2.14. The van der Waals surface area contributed by atoms with Crippen molar-refractivity contribution in [2.75, 3.05) is 6.61 Å². The van der Waals surface area contributed by atoms with Crippen molar-refractivity contribution in [2.45, 2.75) is 13.5 Å². The minimum atomic E-state index is -0.409. The van der Waals surface area contributed by atoms with Crippen molar-refractivity contribution < 1.29 is 14.3 Å². The topological polar surface area (TPSA) is 99.9 Å². The van der Waals surface area contributed by atoms with Gasteiger partial charge in [-0.1, -0.05) is 60.7 Å². The minimum absolute atomic E-state index is 0.0354. The Morgan fingerprint density at radius 2 is 1.64 bits per heavy atom. The van der Waals surface area contributed by atoms with Crippen LogP contribution in [-0.2, 0) is 11.3 Å². The number of rotatable bonds is 7. The van der Waals surface area contributed by atoms with E-state index in [2.05, 4.69) is 35.3 Å². The van der Waals surface area contributed by atoms with Crippen LogP contribution in [0.2, 0.25) is 0 Å². The highest BCUT2D eigenvalue weighted by molar-refractivity contribution is 7.19. The van der Waals surface area contributed by atoms with Crippen molar-refractivity contribution in [1.29, 1.82) is 0 Å². The fourth-order valence-electron chi connectivity index (χ4n) is 4.25. The van der Waals surface area contributed by atoms with E-state index in [1.807, 2.05) is 54.6 Å². The first-order valence-corrected chi connectivity index (χ1v) is 12.4. The molecule has 0 saturated carbocycles. The van der Waals surface area contributed by atoms with Crippen LogP contribution >= 0.6 is 11.3 Å². The molecule has 4 aromatic carbocycles. The summed E-state index contributed by atoms with van der Waals surface area (Å²) in [6.45, 7) is 2.23. The third-order valence-corrected chi connectivity index (χ3v) is 6.94.